The number of ether oxygens (including phenoxy) is 1. The SMILES string of the molecule is COc1ccc(N2CCN3C(=O)C(=O)[N+](CC(=O)Nc4ccc(C(N)=O)cc4)=NC32)cc1. The van der Waals surface area contributed by atoms with Crippen molar-refractivity contribution in [2.24, 2.45) is 10.8 Å². The third-order valence-electron chi connectivity index (χ3n) is 5.21. The first-order valence-electron chi connectivity index (χ1n) is 9.81. The van der Waals surface area contributed by atoms with Crippen LogP contribution in [0.25, 0.3) is 0 Å². The number of nitrogens with one attached hydrogen (secondary N) is 1. The summed E-state index contributed by atoms with van der Waals surface area (Å²) in [5.74, 6) is -2.00. The number of benzene rings is 2. The molecule has 0 aliphatic carbocycles. The van der Waals surface area contributed by atoms with Gasteiger partial charge < -0.3 is 20.7 Å². The number of carbonyl (C=O) groups excluding carboxylic acids is 4. The van der Waals surface area contributed by atoms with E-state index in [2.05, 4.69) is 10.4 Å². The number of anilines is 2. The molecule has 4 rings (SSSR count). The molecule has 0 spiro atoms. The number of methoxy groups -OCH3 is 1. The monoisotopic (exact) mass is 437 g/mol. The molecule has 164 valence electrons. The van der Waals surface area contributed by atoms with Crippen LogP contribution < -0.4 is 20.7 Å². The third-order valence-corrected chi connectivity index (χ3v) is 5.21. The molecule has 11 heteroatoms. The Hall–Kier alpha value is -4.28. The van der Waals surface area contributed by atoms with Crippen molar-refractivity contribution >= 4 is 35.0 Å². The zero-order valence-corrected chi connectivity index (χ0v) is 17.2. The van der Waals surface area contributed by atoms with Crippen LogP contribution in [0.15, 0.2) is 53.6 Å². The standard InChI is InChI=1S/C21H20N6O5/c1-32-16-8-6-15(7-9-16)25-10-11-26-19(30)20(31)27(24-21(25)26)12-17(28)23-14-4-2-13(3-5-14)18(22)29/h2-9,21H,10-12H2,1H3,(H2-,22,23,28,29)/p+1. The van der Waals surface area contributed by atoms with Gasteiger partial charge in [-0.25, -0.2) is 4.79 Å². The van der Waals surface area contributed by atoms with Gasteiger partial charge in [0.1, 0.15) is 5.75 Å². The molecule has 0 radical (unpaired) electrons. The van der Waals surface area contributed by atoms with Gasteiger partial charge in [0.2, 0.25) is 5.91 Å². The largest absolute Gasteiger partial charge is 0.502 e. The highest BCUT2D eigenvalue weighted by atomic mass is 16.5. The molecule has 1 atom stereocenters. The van der Waals surface area contributed by atoms with E-state index < -0.39 is 36.5 Å². The van der Waals surface area contributed by atoms with Gasteiger partial charge >= 0.3 is 11.8 Å². The van der Waals surface area contributed by atoms with Crippen molar-refractivity contribution in [1.82, 2.24) is 4.90 Å². The van der Waals surface area contributed by atoms with Gasteiger partial charge in [-0.1, -0.05) is 0 Å². The van der Waals surface area contributed by atoms with E-state index in [1.807, 2.05) is 17.0 Å². The molecule has 4 amide bonds. The van der Waals surface area contributed by atoms with Crippen molar-refractivity contribution in [2.75, 3.05) is 37.0 Å². The number of carbonyl (C=O) groups is 4. The number of primary amides is 1. The molecule has 1 fully saturated rings. The fraction of sp³-hybridized carbons (Fsp3) is 0.238. The minimum absolute atomic E-state index is 0.301. The number of nitrogens with zero attached hydrogens (tertiary/aromatic N) is 4. The molecule has 1 unspecified atom stereocenters. The van der Waals surface area contributed by atoms with Crippen molar-refractivity contribution in [3.05, 3.63) is 54.1 Å². The maximum Gasteiger partial charge on any atom is 0.502 e. The highest BCUT2D eigenvalue weighted by molar-refractivity contribution is 6.32. The zero-order chi connectivity index (χ0) is 22.8. The molecule has 0 bridgehead atoms. The Morgan fingerprint density at radius 1 is 1.09 bits per heavy atom. The first kappa shape index (κ1) is 21.0. The van der Waals surface area contributed by atoms with Crippen molar-refractivity contribution in [3.8, 4) is 5.75 Å². The van der Waals surface area contributed by atoms with Crippen LogP contribution in [0.5, 0.6) is 5.75 Å². The summed E-state index contributed by atoms with van der Waals surface area (Å²) in [6.45, 7) is 0.408. The van der Waals surface area contributed by atoms with Crippen LogP contribution in [0.2, 0.25) is 0 Å². The second-order valence-corrected chi connectivity index (χ2v) is 7.20. The molecule has 11 nitrogen and oxygen atoms in total. The highest BCUT2D eigenvalue weighted by Crippen LogP contribution is 2.28. The Morgan fingerprint density at radius 2 is 1.75 bits per heavy atom. The molecular formula is C21H21N6O5+. The van der Waals surface area contributed by atoms with Gasteiger partial charge in [-0.3, -0.25) is 19.3 Å². The maximum absolute atomic E-state index is 12.6. The normalized spacial score (nSPS) is 17.7. The van der Waals surface area contributed by atoms with E-state index >= 15 is 0 Å². The van der Waals surface area contributed by atoms with Gasteiger partial charge in [0, 0.05) is 35.1 Å². The van der Waals surface area contributed by atoms with Crippen LogP contribution in [0.4, 0.5) is 11.4 Å². The minimum atomic E-state index is -0.864. The van der Waals surface area contributed by atoms with Crippen LogP contribution in [-0.2, 0) is 14.4 Å². The predicted molar refractivity (Wildman–Crippen MR) is 112 cm³/mol. The van der Waals surface area contributed by atoms with E-state index in [9.17, 15) is 19.2 Å². The van der Waals surface area contributed by atoms with Gasteiger partial charge in [0.15, 0.2) is 0 Å². The molecule has 2 aromatic carbocycles. The zero-order valence-electron chi connectivity index (χ0n) is 17.2. The topological polar surface area (TPSA) is 137 Å². The number of rotatable bonds is 6. The quantitative estimate of drug-likeness (QED) is 0.495. The smallest absolute Gasteiger partial charge is 0.497 e. The van der Waals surface area contributed by atoms with Crippen molar-refractivity contribution in [3.63, 3.8) is 0 Å². The number of nitrogens with two attached hydrogens (primary N) is 1. The van der Waals surface area contributed by atoms with Crippen LogP contribution in [0.1, 0.15) is 10.4 Å². The fourth-order valence-electron chi connectivity index (χ4n) is 3.56. The molecule has 1 saturated heterocycles. The summed E-state index contributed by atoms with van der Waals surface area (Å²) in [6.07, 6.45) is -0.726. The minimum Gasteiger partial charge on any atom is -0.497 e. The van der Waals surface area contributed by atoms with E-state index in [4.69, 9.17) is 10.5 Å². The summed E-state index contributed by atoms with van der Waals surface area (Å²) in [7, 11) is 1.57. The second kappa shape index (κ2) is 8.46. The van der Waals surface area contributed by atoms with Crippen LogP contribution in [-0.4, -0.2) is 66.3 Å². The third kappa shape index (κ3) is 4.00. The van der Waals surface area contributed by atoms with Crippen molar-refractivity contribution < 1.29 is 28.6 Å². The molecule has 2 aromatic rings. The fourth-order valence-corrected chi connectivity index (χ4v) is 3.56. The summed E-state index contributed by atoms with van der Waals surface area (Å²) in [6, 6.07) is 13.2. The van der Waals surface area contributed by atoms with Crippen LogP contribution >= 0.6 is 0 Å². The Bertz CT molecular complexity index is 1110. The number of amides is 4. The molecular weight excluding hydrogens is 416 g/mol. The van der Waals surface area contributed by atoms with Gasteiger partial charge in [-0.2, -0.15) is 0 Å². The summed E-state index contributed by atoms with van der Waals surface area (Å²) in [5, 5.41) is 6.96. The summed E-state index contributed by atoms with van der Waals surface area (Å²) >= 11 is 0. The summed E-state index contributed by atoms with van der Waals surface area (Å²) in [5.41, 5.74) is 6.72. The van der Waals surface area contributed by atoms with E-state index in [0.29, 0.717) is 30.1 Å². The Labute approximate surface area is 183 Å². The van der Waals surface area contributed by atoms with Gasteiger partial charge in [0.05, 0.1) is 7.11 Å². The molecule has 2 heterocycles. The van der Waals surface area contributed by atoms with Gasteiger partial charge in [-0.15, -0.1) is 0 Å². The highest BCUT2D eigenvalue weighted by Gasteiger charge is 2.49. The Morgan fingerprint density at radius 3 is 2.38 bits per heavy atom. The summed E-state index contributed by atoms with van der Waals surface area (Å²) < 4.78 is 6.06. The van der Waals surface area contributed by atoms with Crippen molar-refractivity contribution in [2.45, 2.75) is 6.29 Å². The lowest BCUT2D eigenvalue weighted by Crippen LogP contribution is -2.52. The number of azo groups is 2. The molecule has 2 aliphatic rings. The molecule has 2 aliphatic heterocycles. The van der Waals surface area contributed by atoms with E-state index in [1.54, 1.807) is 19.2 Å². The molecule has 32 heavy (non-hydrogen) atoms. The first-order chi connectivity index (χ1) is 15.4. The Balaban J connectivity index is 1.51. The molecule has 0 aromatic heterocycles. The first-order valence-corrected chi connectivity index (χ1v) is 9.81. The number of hydrogen-bond acceptors (Lipinski definition) is 7. The van der Waals surface area contributed by atoms with Crippen molar-refractivity contribution in [1.29, 1.82) is 0 Å². The number of hydrogen-bond donors (Lipinski definition) is 2. The molecule has 3 N–H and O–H groups in total. The van der Waals surface area contributed by atoms with E-state index in [1.165, 1.54) is 29.2 Å². The van der Waals surface area contributed by atoms with E-state index in [-0.39, 0.29) is 0 Å². The van der Waals surface area contributed by atoms with Gasteiger partial charge in [0.25, 0.3) is 18.7 Å². The Kier molecular flexibility index (Phi) is 5.54. The second-order valence-electron chi connectivity index (χ2n) is 7.20. The lowest BCUT2D eigenvalue weighted by molar-refractivity contribution is -0.509. The lowest BCUT2D eigenvalue weighted by atomic mass is 10.2. The molecule has 0 saturated carbocycles. The van der Waals surface area contributed by atoms with Crippen LogP contribution in [0, 0.1) is 0 Å². The average molecular weight is 437 g/mol. The average Bonchev–Trinajstić information content (AvgIpc) is 3.21. The maximum atomic E-state index is 12.6. The van der Waals surface area contributed by atoms with Gasteiger partial charge in [-0.05, 0) is 53.2 Å². The lowest BCUT2D eigenvalue weighted by Gasteiger charge is -2.27. The van der Waals surface area contributed by atoms with E-state index in [0.717, 1.165) is 10.4 Å². The summed E-state index contributed by atoms with van der Waals surface area (Å²) in [4.78, 5) is 51.9. The van der Waals surface area contributed by atoms with Crippen LogP contribution in [0.3, 0.4) is 0 Å². The predicted octanol–water partition coefficient (Wildman–Crippen LogP) is 0.370. The number of fused-ring (bicyclic) bond motifs is 1.